The van der Waals surface area contributed by atoms with Crippen LogP contribution in [-0.2, 0) is 0 Å². The molecule has 0 bridgehead atoms. The summed E-state index contributed by atoms with van der Waals surface area (Å²) in [6.45, 7) is 2.08. The minimum atomic E-state index is 0.977. The molecule has 0 saturated carbocycles. The van der Waals surface area contributed by atoms with Gasteiger partial charge in [-0.15, -0.1) is 0 Å². The fourth-order valence-electron chi connectivity index (χ4n) is 1.71. The van der Waals surface area contributed by atoms with Gasteiger partial charge < -0.3 is 0 Å². The van der Waals surface area contributed by atoms with Crippen molar-refractivity contribution in [3.63, 3.8) is 0 Å². The molecular formula is C11H7BO. The van der Waals surface area contributed by atoms with Crippen molar-refractivity contribution >= 4 is 28.5 Å². The van der Waals surface area contributed by atoms with Gasteiger partial charge in [0.2, 0.25) is 0 Å². The van der Waals surface area contributed by atoms with Crippen LogP contribution < -0.4 is 0 Å². The van der Waals surface area contributed by atoms with Crippen LogP contribution in [0.2, 0.25) is 0 Å². The van der Waals surface area contributed by atoms with Crippen molar-refractivity contribution in [2.24, 2.45) is 0 Å². The first kappa shape index (κ1) is 6.90. The molecule has 2 heteroatoms. The van der Waals surface area contributed by atoms with E-state index in [2.05, 4.69) is 31.2 Å². The summed E-state index contributed by atoms with van der Waals surface area (Å²) in [6.07, 6.45) is 1.72. The molecule has 1 nitrogen and oxygen atoms in total. The third kappa shape index (κ3) is 0.918. The Bertz CT molecular complexity index is 568. The summed E-state index contributed by atoms with van der Waals surface area (Å²) in [5, 5.41) is 3.58. The molecule has 3 aromatic rings. The number of hydrogen-bond acceptors (Lipinski definition) is 1. The molecule has 2 heterocycles. The summed E-state index contributed by atoms with van der Waals surface area (Å²) in [5.74, 6) is 2.05. The van der Waals surface area contributed by atoms with E-state index in [9.17, 15) is 0 Å². The summed E-state index contributed by atoms with van der Waals surface area (Å²) in [5.41, 5.74) is 0.977. The van der Waals surface area contributed by atoms with Crippen LogP contribution in [0.5, 0.6) is 0 Å². The van der Waals surface area contributed by atoms with E-state index in [-0.39, 0.29) is 0 Å². The summed E-state index contributed by atoms with van der Waals surface area (Å²) < 4.78 is 5.48. The zero-order valence-electron chi connectivity index (χ0n) is 7.03. The predicted molar refractivity (Wildman–Crippen MR) is 55.1 cm³/mol. The number of benzene rings is 1. The van der Waals surface area contributed by atoms with Crippen molar-refractivity contribution in [2.45, 2.75) is 0 Å². The van der Waals surface area contributed by atoms with Crippen LogP contribution in [0.3, 0.4) is 0 Å². The van der Waals surface area contributed by atoms with E-state index in [1.165, 1.54) is 10.7 Å². The van der Waals surface area contributed by atoms with Gasteiger partial charge in [-0.1, -0.05) is 0 Å². The van der Waals surface area contributed by atoms with Gasteiger partial charge in [0.15, 0.2) is 0 Å². The van der Waals surface area contributed by atoms with Gasteiger partial charge >= 0.3 is 75.5 Å². The Morgan fingerprint density at radius 2 is 1.92 bits per heavy atom. The average Bonchev–Trinajstić information content (AvgIpc) is 2.65. The molecule has 13 heavy (non-hydrogen) atoms. The summed E-state index contributed by atoms with van der Waals surface area (Å²) >= 11 is 0. The quantitative estimate of drug-likeness (QED) is 0.500. The second-order valence-electron chi connectivity index (χ2n) is 3.13. The van der Waals surface area contributed by atoms with E-state index in [0.717, 1.165) is 11.0 Å². The van der Waals surface area contributed by atoms with E-state index in [0.29, 0.717) is 0 Å². The van der Waals surface area contributed by atoms with Gasteiger partial charge in [0.1, 0.15) is 0 Å². The molecule has 2 aromatic heterocycles. The summed E-state index contributed by atoms with van der Waals surface area (Å²) in [7, 11) is 0. The van der Waals surface area contributed by atoms with E-state index in [4.69, 9.17) is 4.42 Å². The SMILES string of the molecule is b1ccc2ccc3cccoc3c12. The molecule has 0 spiro atoms. The monoisotopic (exact) mass is 166 g/mol. The molecular weight excluding hydrogens is 159 g/mol. The molecule has 0 amide bonds. The zero-order valence-corrected chi connectivity index (χ0v) is 7.03. The average molecular weight is 166 g/mol. The Morgan fingerprint density at radius 1 is 1.00 bits per heavy atom. The Labute approximate surface area is 76.2 Å². The van der Waals surface area contributed by atoms with E-state index >= 15 is 0 Å². The molecule has 0 aliphatic rings. The van der Waals surface area contributed by atoms with Crippen molar-refractivity contribution in [3.8, 4) is 0 Å². The molecule has 0 aliphatic carbocycles. The van der Waals surface area contributed by atoms with Gasteiger partial charge in [-0.05, 0) is 0 Å². The minimum absolute atomic E-state index is 0.977. The first-order chi connectivity index (χ1) is 6.45. The van der Waals surface area contributed by atoms with E-state index in [1.807, 2.05) is 12.0 Å². The van der Waals surface area contributed by atoms with E-state index in [1.54, 1.807) is 6.26 Å². The zero-order chi connectivity index (χ0) is 8.67. The first-order valence-electron chi connectivity index (χ1n) is 4.30. The Hall–Kier alpha value is -1.57. The number of hydrogen-bond donors (Lipinski definition) is 0. The molecule has 0 saturated heterocycles. The Kier molecular flexibility index (Phi) is 1.30. The molecule has 1 aromatic carbocycles. The van der Waals surface area contributed by atoms with Crippen LogP contribution in [0, 0.1) is 0 Å². The van der Waals surface area contributed by atoms with Crippen molar-refractivity contribution in [2.75, 3.05) is 0 Å². The normalized spacial score (nSPS) is 10.8. The molecule has 3 rings (SSSR count). The van der Waals surface area contributed by atoms with Gasteiger partial charge in [0.05, 0.1) is 0 Å². The fourth-order valence-corrected chi connectivity index (χ4v) is 1.71. The number of rotatable bonds is 0. The predicted octanol–water partition coefficient (Wildman–Crippen LogP) is 2.92. The van der Waals surface area contributed by atoms with Crippen molar-refractivity contribution in [1.82, 2.24) is 0 Å². The fraction of sp³-hybridized carbons (Fsp3) is 0. The topological polar surface area (TPSA) is 13.1 Å². The van der Waals surface area contributed by atoms with Crippen molar-refractivity contribution in [3.05, 3.63) is 42.6 Å². The third-order valence-corrected chi connectivity index (χ3v) is 2.34. The van der Waals surface area contributed by atoms with Gasteiger partial charge in [-0.3, -0.25) is 0 Å². The van der Waals surface area contributed by atoms with Crippen LogP contribution in [0.25, 0.3) is 21.6 Å². The van der Waals surface area contributed by atoms with Crippen LogP contribution >= 0.6 is 0 Å². The molecule has 0 aliphatic heterocycles. The molecule has 0 N–H and O–H groups in total. The van der Waals surface area contributed by atoms with E-state index < -0.39 is 0 Å². The van der Waals surface area contributed by atoms with Crippen LogP contribution in [-0.4, -0.2) is 6.91 Å². The van der Waals surface area contributed by atoms with Gasteiger partial charge in [-0.2, -0.15) is 0 Å². The van der Waals surface area contributed by atoms with Crippen LogP contribution in [0.4, 0.5) is 0 Å². The van der Waals surface area contributed by atoms with Crippen molar-refractivity contribution in [1.29, 1.82) is 0 Å². The molecule has 0 radical (unpaired) electrons. The standard InChI is InChI=1S/C11H7BO/c1-2-9-4-3-8-5-6-12-10(8)11(9)13-7-1/h1-7H. The Morgan fingerprint density at radius 3 is 2.92 bits per heavy atom. The Balaban J connectivity index is 2.65. The summed E-state index contributed by atoms with van der Waals surface area (Å²) in [4.78, 5) is 0. The number of fused-ring (bicyclic) bond motifs is 3. The maximum atomic E-state index is 5.48. The maximum absolute atomic E-state index is 5.48. The third-order valence-electron chi connectivity index (χ3n) is 2.34. The first-order valence-corrected chi connectivity index (χ1v) is 4.30. The second kappa shape index (κ2) is 2.46. The molecule has 0 fully saturated rings. The van der Waals surface area contributed by atoms with Gasteiger partial charge in [0, 0.05) is 0 Å². The summed E-state index contributed by atoms with van der Waals surface area (Å²) in [6, 6.07) is 10.3. The van der Waals surface area contributed by atoms with Gasteiger partial charge in [0.25, 0.3) is 0 Å². The molecule has 0 atom stereocenters. The van der Waals surface area contributed by atoms with Gasteiger partial charge in [-0.25, -0.2) is 0 Å². The molecule has 60 valence electrons. The van der Waals surface area contributed by atoms with Crippen LogP contribution in [0.15, 0.2) is 47.0 Å². The molecule has 0 unspecified atom stereocenters. The second-order valence-corrected chi connectivity index (χ2v) is 3.13. The van der Waals surface area contributed by atoms with Crippen LogP contribution in [0.1, 0.15) is 0 Å². The van der Waals surface area contributed by atoms with Crippen molar-refractivity contribution < 1.29 is 4.42 Å².